The van der Waals surface area contributed by atoms with Crippen LogP contribution in [0.25, 0.3) is 0 Å². The highest BCUT2D eigenvalue weighted by molar-refractivity contribution is 4.79. The van der Waals surface area contributed by atoms with E-state index in [-0.39, 0.29) is 0 Å². The number of nitrogens with zero attached hydrogens (tertiary/aromatic N) is 1. The second-order valence-electron chi connectivity index (χ2n) is 5.79. The molecule has 16 heavy (non-hydrogen) atoms. The van der Waals surface area contributed by atoms with Gasteiger partial charge in [-0.1, -0.05) is 33.6 Å². The van der Waals surface area contributed by atoms with Crippen LogP contribution in [0.3, 0.4) is 0 Å². The number of rotatable bonds is 6. The van der Waals surface area contributed by atoms with Crippen molar-refractivity contribution in [3.05, 3.63) is 0 Å². The number of piperidine rings is 1. The van der Waals surface area contributed by atoms with Gasteiger partial charge in [0, 0.05) is 12.6 Å². The van der Waals surface area contributed by atoms with Crippen molar-refractivity contribution in [1.29, 1.82) is 0 Å². The maximum absolute atomic E-state index is 5.90. The average molecular weight is 226 g/mol. The van der Waals surface area contributed by atoms with Crippen LogP contribution in [0.2, 0.25) is 0 Å². The van der Waals surface area contributed by atoms with Gasteiger partial charge in [0.05, 0.1) is 0 Å². The van der Waals surface area contributed by atoms with Crippen LogP contribution in [-0.4, -0.2) is 30.6 Å². The van der Waals surface area contributed by atoms with Crippen LogP contribution >= 0.6 is 0 Å². The smallest absolute Gasteiger partial charge is 0.0220 e. The van der Waals surface area contributed by atoms with Crippen molar-refractivity contribution in [3.8, 4) is 0 Å². The first-order valence-corrected chi connectivity index (χ1v) is 7.11. The Labute approximate surface area is 102 Å². The van der Waals surface area contributed by atoms with Gasteiger partial charge < -0.3 is 5.73 Å². The highest BCUT2D eigenvalue weighted by Gasteiger charge is 2.24. The maximum Gasteiger partial charge on any atom is 0.0220 e. The lowest BCUT2D eigenvalue weighted by Gasteiger charge is -2.37. The highest BCUT2D eigenvalue weighted by atomic mass is 15.2. The van der Waals surface area contributed by atoms with Gasteiger partial charge in [0.1, 0.15) is 0 Å². The quantitative estimate of drug-likeness (QED) is 0.754. The Balaban J connectivity index is 2.32. The molecule has 1 aliphatic heterocycles. The largest absolute Gasteiger partial charge is 0.329 e. The van der Waals surface area contributed by atoms with Crippen molar-refractivity contribution in [2.45, 2.75) is 58.9 Å². The van der Waals surface area contributed by atoms with Crippen molar-refractivity contribution >= 4 is 0 Å². The molecule has 1 heterocycles. The summed E-state index contributed by atoms with van der Waals surface area (Å²) >= 11 is 0. The average Bonchev–Trinajstić information content (AvgIpc) is 2.27. The summed E-state index contributed by atoms with van der Waals surface area (Å²) in [5.74, 6) is 1.75. The fraction of sp³-hybridized carbons (Fsp3) is 1.00. The third kappa shape index (κ3) is 4.42. The SMILES string of the molecule is CCCC1CCN(C(CN)CC(C)C)CC1. The topological polar surface area (TPSA) is 29.3 Å². The predicted molar refractivity (Wildman–Crippen MR) is 71.5 cm³/mol. The first-order chi connectivity index (χ1) is 7.67. The summed E-state index contributed by atoms with van der Waals surface area (Å²) in [6.07, 6.45) is 6.81. The standard InChI is InChI=1S/C14H30N2/c1-4-5-13-6-8-16(9-7-13)14(11-15)10-12(2)3/h12-14H,4-11,15H2,1-3H3. The number of hydrogen-bond acceptors (Lipinski definition) is 2. The molecule has 1 saturated heterocycles. The van der Waals surface area contributed by atoms with E-state index in [2.05, 4.69) is 25.7 Å². The molecule has 1 aliphatic rings. The fourth-order valence-corrected chi connectivity index (χ4v) is 2.95. The second-order valence-corrected chi connectivity index (χ2v) is 5.79. The lowest BCUT2D eigenvalue weighted by molar-refractivity contribution is 0.118. The van der Waals surface area contributed by atoms with Gasteiger partial charge in [-0.3, -0.25) is 4.90 Å². The van der Waals surface area contributed by atoms with Gasteiger partial charge >= 0.3 is 0 Å². The third-order valence-electron chi connectivity index (χ3n) is 3.88. The maximum atomic E-state index is 5.90. The predicted octanol–water partition coefficient (Wildman–Crippen LogP) is 2.87. The van der Waals surface area contributed by atoms with E-state index in [0.717, 1.165) is 18.4 Å². The summed E-state index contributed by atoms with van der Waals surface area (Å²) in [7, 11) is 0. The number of hydrogen-bond donors (Lipinski definition) is 1. The summed E-state index contributed by atoms with van der Waals surface area (Å²) in [6, 6.07) is 0.627. The first-order valence-electron chi connectivity index (χ1n) is 7.11. The summed E-state index contributed by atoms with van der Waals surface area (Å²) < 4.78 is 0. The molecule has 1 unspecified atom stereocenters. The van der Waals surface area contributed by atoms with Gasteiger partial charge in [-0.2, -0.15) is 0 Å². The van der Waals surface area contributed by atoms with Crippen LogP contribution in [-0.2, 0) is 0 Å². The molecule has 0 aliphatic carbocycles. The summed E-state index contributed by atoms with van der Waals surface area (Å²) in [5.41, 5.74) is 5.90. The number of nitrogens with two attached hydrogens (primary N) is 1. The van der Waals surface area contributed by atoms with E-state index in [4.69, 9.17) is 5.73 Å². The minimum absolute atomic E-state index is 0.627. The molecule has 1 fully saturated rings. The molecule has 0 radical (unpaired) electrons. The Hall–Kier alpha value is -0.0800. The van der Waals surface area contributed by atoms with Crippen molar-refractivity contribution in [1.82, 2.24) is 4.90 Å². The van der Waals surface area contributed by atoms with Crippen LogP contribution in [0, 0.1) is 11.8 Å². The lowest BCUT2D eigenvalue weighted by atomic mass is 9.90. The molecule has 0 saturated carbocycles. The van der Waals surface area contributed by atoms with E-state index in [0.29, 0.717) is 6.04 Å². The van der Waals surface area contributed by atoms with Crippen molar-refractivity contribution in [2.75, 3.05) is 19.6 Å². The molecule has 0 amide bonds. The summed E-state index contributed by atoms with van der Waals surface area (Å²) in [4.78, 5) is 2.63. The van der Waals surface area contributed by atoms with Crippen LogP contribution in [0.1, 0.15) is 52.9 Å². The first kappa shape index (κ1) is 14.0. The van der Waals surface area contributed by atoms with Gasteiger partial charge in [0.15, 0.2) is 0 Å². The van der Waals surface area contributed by atoms with Gasteiger partial charge in [-0.05, 0) is 44.2 Å². The molecule has 0 aromatic carbocycles. The van der Waals surface area contributed by atoms with Crippen LogP contribution in [0.15, 0.2) is 0 Å². The fourth-order valence-electron chi connectivity index (χ4n) is 2.95. The third-order valence-corrected chi connectivity index (χ3v) is 3.88. The summed E-state index contributed by atoms with van der Waals surface area (Å²) in [6.45, 7) is 10.3. The lowest BCUT2D eigenvalue weighted by Crippen LogP contribution is -2.45. The van der Waals surface area contributed by atoms with Crippen LogP contribution in [0.5, 0.6) is 0 Å². The molecule has 2 nitrogen and oxygen atoms in total. The van der Waals surface area contributed by atoms with E-state index < -0.39 is 0 Å². The van der Waals surface area contributed by atoms with Gasteiger partial charge in [-0.25, -0.2) is 0 Å². The van der Waals surface area contributed by atoms with Gasteiger partial charge in [0.2, 0.25) is 0 Å². The minimum Gasteiger partial charge on any atom is -0.329 e. The Kier molecular flexibility index (Phi) is 6.37. The van der Waals surface area contributed by atoms with Crippen LogP contribution in [0.4, 0.5) is 0 Å². The molecule has 0 aromatic rings. The molecule has 2 heteroatoms. The Morgan fingerprint density at radius 3 is 2.31 bits per heavy atom. The molecule has 1 rings (SSSR count). The zero-order chi connectivity index (χ0) is 12.0. The second kappa shape index (κ2) is 7.29. The Morgan fingerprint density at radius 1 is 1.25 bits per heavy atom. The van der Waals surface area contributed by atoms with E-state index >= 15 is 0 Å². The highest BCUT2D eigenvalue weighted by Crippen LogP contribution is 2.24. The molecular formula is C14H30N2. The normalized spacial score (nSPS) is 21.6. The molecule has 0 aromatic heterocycles. The Bertz CT molecular complexity index is 172. The van der Waals surface area contributed by atoms with Gasteiger partial charge in [-0.15, -0.1) is 0 Å². The molecular weight excluding hydrogens is 196 g/mol. The van der Waals surface area contributed by atoms with E-state index in [1.807, 2.05) is 0 Å². The van der Waals surface area contributed by atoms with E-state index in [1.54, 1.807) is 0 Å². The zero-order valence-electron chi connectivity index (χ0n) is 11.4. The van der Waals surface area contributed by atoms with E-state index in [9.17, 15) is 0 Å². The Morgan fingerprint density at radius 2 is 1.88 bits per heavy atom. The van der Waals surface area contributed by atoms with Gasteiger partial charge in [0.25, 0.3) is 0 Å². The zero-order valence-corrected chi connectivity index (χ0v) is 11.4. The van der Waals surface area contributed by atoms with Crippen molar-refractivity contribution in [2.24, 2.45) is 17.6 Å². The monoisotopic (exact) mass is 226 g/mol. The number of likely N-dealkylation sites (tertiary alicyclic amines) is 1. The molecule has 0 bridgehead atoms. The van der Waals surface area contributed by atoms with E-state index in [1.165, 1.54) is 45.2 Å². The summed E-state index contributed by atoms with van der Waals surface area (Å²) in [5, 5.41) is 0. The molecule has 2 N–H and O–H groups in total. The molecule has 96 valence electrons. The minimum atomic E-state index is 0.627. The van der Waals surface area contributed by atoms with Crippen molar-refractivity contribution in [3.63, 3.8) is 0 Å². The van der Waals surface area contributed by atoms with Crippen molar-refractivity contribution < 1.29 is 0 Å². The molecule has 1 atom stereocenters. The molecule has 0 spiro atoms. The van der Waals surface area contributed by atoms with Crippen LogP contribution < -0.4 is 5.73 Å².